The van der Waals surface area contributed by atoms with Crippen LogP contribution in [0.3, 0.4) is 0 Å². The van der Waals surface area contributed by atoms with E-state index in [0.717, 1.165) is 16.5 Å². The molecule has 0 unspecified atom stereocenters. The number of fused-ring (bicyclic) bond motifs is 1. The summed E-state index contributed by atoms with van der Waals surface area (Å²) in [6.45, 7) is 0.592. The topological polar surface area (TPSA) is 42.2 Å². The van der Waals surface area contributed by atoms with Crippen molar-refractivity contribution in [3.63, 3.8) is 0 Å². The summed E-state index contributed by atoms with van der Waals surface area (Å²) in [5, 5.41) is 10.7. The number of aromatic nitrogens is 1. The number of rotatable bonds is 3. The summed E-state index contributed by atoms with van der Waals surface area (Å²) in [6.07, 6.45) is 1.87. The van der Waals surface area contributed by atoms with Crippen LogP contribution in [0.2, 0.25) is 5.02 Å². The minimum Gasteiger partial charge on any atom is -0.478 e. The van der Waals surface area contributed by atoms with E-state index in [9.17, 15) is 4.79 Å². The molecule has 0 saturated carbocycles. The van der Waals surface area contributed by atoms with E-state index in [1.165, 1.54) is 0 Å². The summed E-state index contributed by atoms with van der Waals surface area (Å²) in [5.41, 5.74) is 2.27. The minimum absolute atomic E-state index is 0.296. The van der Waals surface area contributed by atoms with Gasteiger partial charge in [0.15, 0.2) is 0 Å². The molecule has 20 heavy (non-hydrogen) atoms. The van der Waals surface area contributed by atoms with Crippen LogP contribution >= 0.6 is 11.6 Å². The molecule has 4 heteroatoms. The van der Waals surface area contributed by atoms with Gasteiger partial charge in [0.25, 0.3) is 0 Å². The lowest BCUT2D eigenvalue weighted by molar-refractivity contribution is 0.0696. The van der Waals surface area contributed by atoms with Crippen molar-refractivity contribution in [3.8, 4) is 0 Å². The number of halogens is 1. The van der Waals surface area contributed by atoms with Gasteiger partial charge in [0.1, 0.15) is 0 Å². The first-order valence-corrected chi connectivity index (χ1v) is 6.58. The number of carboxylic acid groups (broad SMARTS) is 1. The largest absolute Gasteiger partial charge is 0.478 e. The van der Waals surface area contributed by atoms with Crippen molar-refractivity contribution in [1.82, 2.24) is 4.57 Å². The zero-order chi connectivity index (χ0) is 14.1. The van der Waals surface area contributed by atoms with E-state index in [-0.39, 0.29) is 0 Å². The molecular formula is C16H12ClNO2. The molecular weight excluding hydrogens is 274 g/mol. The number of aromatic carboxylic acids is 1. The van der Waals surface area contributed by atoms with Crippen molar-refractivity contribution in [2.75, 3.05) is 0 Å². The third-order valence-corrected chi connectivity index (χ3v) is 3.57. The number of benzene rings is 2. The van der Waals surface area contributed by atoms with Crippen molar-refractivity contribution >= 4 is 28.5 Å². The summed E-state index contributed by atoms with van der Waals surface area (Å²) in [4.78, 5) is 11.0. The van der Waals surface area contributed by atoms with Crippen LogP contribution in [0.15, 0.2) is 54.7 Å². The van der Waals surface area contributed by atoms with Crippen LogP contribution in [0.4, 0.5) is 0 Å². The molecule has 3 rings (SSSR count). The van der Waals surface area contributed by atoms with Crippen molar-refractivity contribution in [3.05, 3.63) is 70.9 Å². The monoisotopic (exact) mass is 285 g/mol. The Morgan fingerprint density at radius 3 is 2.75 bits per heavy atom. The van der Waals surface area contributed by atoms with Gasteiger partial charge < -0.3 is 9.67 Å². The molecule has 0 saturated heterocycles. The van der Waals surface area contributed by atoms with Gasteiger partial charge in [-0.25, -0.2) is 4.79 Å². The molecule has 1 N–H and O–H groups in total. The standard InChI is InChI=1S/C16H12ClNO2/c17-14-10-18(15-7-2-1-6-13(14)15)9-11-4-3-5-12(8-11)16(19)20/h1-8,10H,9H2,(H,19,20). The first-order valence-electron chi connectivity index (χ1n) is 6.21. The molecule has 2 aromatic carbocycles. The fraction of sp³-hybridized carbons (Fsp3) is 0.0625. The first-order chi connectivity index (χ1) is 9.65. The quantitative estimate of drug-likeness (QED) is 0.789. The van der Waals surface area contributed by atoms with Crippen LogP contribution in [-0.2, 0) is 6.54 Å². The van der Waals surface area contributed by atoms with Gasteiger partial charge >= 0.3 is 5.97 Å². The molecule has 1 heterocycles. The molecule has 0 bridgehead atoms. The Balaban J connectivity index is 2.01. The lowest BCUT2D eigenvalue weighted by Gasteiger charge is -2.06. The average molecular weight is 286 g/mol. The Morgan fingerprint density at radius 1 is 1.15 bits per heavy atom. The predicted molar refractivity (Wildman–Crippen MR) is 79.5 cm³/mol. The van der Waals surface area contributed by atoms with Gasteiger partial charge in [-0.1, -0.05) is 41.9 Å². The molecule has 3 nitrogen and oxygen atoms in total. The summed E-state index contributed by atoms with van der Waals surface area (Å²) in [6, 6.07) is 14.8. The maximum Gasteiger partial charge on any atom is 0.335 e. The Labute approximate surface area is 121 Å². The van der Waals surface area contributed by atoms with Gasteiger partial charge in [0.05, 0.1) is 10.6 Å². The molecule has 0 amide bonds. The molecule has 100 valence electrons. The van der Waals surface area contributed by atoms with E-state index in [1.54, 1.807) is 18.2 Å². The van der Waals surface area contributed by atoms with E-state index < -0.39 is 5.97 Å². The maximum atomic E-state index is 11.0. The second kappa shape index (κ2) is 5.02. The summed E-state index contributed by atoms with van der Waals surface area (Å²) in [7, 11) is 0. The van der Waals surface area contributed by atoms with E-state index in [0.29, 0.717) is 17.1 Å². The molecule has 0 atom stereocenters. The van der Waals surface area contributed by atoms with Gasteiger partial charge in [-0.05, 0) is 23.8 Å². The number of hydrogen-bond donors (Lipinski definition) is 1. The van der Waals surface area contributed by atoms with Crippen LogP contribution in [0.25, 0.3) is 10.9 Å². The van der Waals surface area contributed by atoms with Gasteiger partial charge in [-0.3, -0.25) is 0 Å². The van der Waals surface area contributed by atoms with Crippen molar-refractivity contribution in [2.45, 2.75) is 6.54 Å². The highest BCUT2D eigenvalue weighted by molar-refractivity contribution is 6.35. The Bertz CT molecular complexity index is 792. The average Bonchev–Trinajstić information content (AvgIpc) is 2.76. The zero-order valence-corrected chi connectivity index (χ0v) is 11.3. The van der Waals surface area contributed by atoms with E-state index in [2.05, 4.69) is 0 Å². The number of para-hydroxylation sites is 1. The van der Waals surface area contributed by atoms with Crippen LogP contribution in [0.1, 0.15) is 15.9 Å². The van der Waals surface area contributed by atoms with Gasteiger partial charge in [-0.15, -0.1) is 0 Å². The molecule has 1 aromatic heterocycles. The highest BCUT2D eigenvalue weighted by Crippen LogP contribution is 2.26. The van der Waals surface area contributed by atoms with E-state index in [1.807, 2.05) is 41.1 Å². The normalized spacial score (nSPS) is 10.8. The lowest BCUT2D eigenvalue weighted by atomic mass is 10.1. The van der Waals surface area contributed by atoms with Crippen LogP contribution in [-0.4, -0.2) is 15.6 Å². The fourth-order valence-electron chi connectivity index (χ4n) is 2.33. The first kappa shape index (κ1) is 12.8. The molecule has 0 aliphatic heterocycles. The number of carboxylic acids is 1. The van der Waals surface area contributed by atoms with Crippen molar-refractivity contribution < 1.29 is 9.90 Å². The lowest BCUT2D eigenvalue weighted by Crippen LogP contribution is -2.01. The smallest absolute Gasteiger partial charge is 0.335 e. The Kier molecular flexibility index (Phi) is 3.20. The SMILES string of the molecule is O=C(O)c1cccc(Cn2cc(Cl)c3ccccc32)c1. The van der Waals surface area contributed by atoms with Gasteiger partial charge in [-0.2, -0.15) is 0 Å². The third kappa shape index (κ3) is 2.28. The minimum atomic E-state index is -0.915. The Hall–Kier alpha value is -2.26. The molecule has 3 aromatic rings. The van der Waals surface area contributed by atoms with Crippen molar-refractivity contribution in [2.24, 2.45) is 0 Å². The van der Waals surface area contributed by atoms with Gasteiger partial charge in [0.2, 0.25) is 0 Å². The predicted octanol–water partition coefficient (Wildman–Crippen LogP) is 4.04. The van der Waals surface area contributed by atoms with Crippen LogP contribution in [0.5, 0.6) is 0 Å². The second-order valence-electron chi connectivity index (χ2n) is 4.63. The summed E-state index contributed by atoms with van der Waals surface area (Å²) in [5.74, 6) is -0.915. The van der Waals surface area contributed by atoms with E-state index in [4.69, 9.17) is 16.7 Å². The molecule has 0 aliphatic carbocycles. The summed E-state index contributed by atoms with van der Waals surface area (Å²) >= 11 is 6.21. The Morgan fingerprint density at radius 2 is 1.95 bits per heavy atom. The van der Waals surface area contributed by atoms with Crippen LogP contribution in [0, 0.1) is 0 Å². The molecule has 0 fully saturated rings. The zero-order valence-electron chi connectivity index (χ0n) is 10.6. The second-order valence-corrected chi connectivity index (χ2v) is 5.03. The summed E-state index contributed by atoms with van der Waals surface area (Å²) < 4.78 is 2.03. The highest BCUT2D eigenvalue weighted by Gasteiger charge is 2.08. The van der Waals surface area contributed by atoms with Gasteiger partial charge in [0, 0.05) is 23.6 Å². The molecule has 0 spiro atoms. The number of carbonyl (C=O) groups is 1. The van der Waals surface area contributed by atoms with Crippen LogP contribution < -0.4 is 0 Å². The van der Waals surface area contributed by atoms with E-state index >= 15 is 0 Å². The fourth-order valence-corrected chi connectivity index (χ4v) is 2.61. The highest BCUT2D eigenvalue weighted by atomic mass is 35.5. The molecule has 0 radical (unpaired) electrons. The number of nitrogens with zero attached hydrogens (tertiary/aromatic N) is 1. The maximum absolute atomic E-state index is 11.0. The molecule has 0 aliphatic rings. The third-order valence-electron chi connectivity index (χ3n) is 3.27. The number of hydrogen-bond acceptors (Lipinski definition) is 1. The van der Waals surface area contributed by atoms with Crippen molar-refractivity contribution in [1.29, 1.82) is 0 Å².